The third kappa shape index (κ3) is 3.35. The molecule has 0 saturated heterocycles. The van der Waals surface area contributed by atoms with Crippen LogP contribution in [0.4, 0.5) is 5.69 Å². The van der Waals surface area contributed by atoms with Crippen molar-refractivity contribution >= 4 is 17.3 Å². The molecule has 0 aliphatic heterocycles. The summed E-state index contributed by atoms with van der Waals surface area (Å²) in [5.41, 5.74) is 2.84. The Morgan fingerprint density at radius 3 is 2.79 bits per heavy atom. The summed E-state index contributed by atoms with van der Waals surface area (Å²) in [7, 11) is 1.63. The minimum absolute atomic E-state index is 0.612. The summed E-state index contributed by atoms with van der Waals surface area (Å²) in [6, 6.07) is 5.66. The van der Waals surface area contributed by atoms with Crippen LogP contribution in [-0.4, -0.2) is 17.1 Å². The van der Waals surface area contributed by atoms with Crippen molar-refractivity contribution in [2.24, 2.45) is 0 Å². The molecule has 0 bridgehead atoms. The number of methoxy groups -OCH3 is 1. The van der Waals surface area contributed by atoms with Gasteiger partial charge in [-0.25, -0.2) is 9.97 Å². The highest BCUT2D eigenvalue weighted by Gasteiger charge is 2.07. The van der Waals surface area contributed by atoms with E-state index in [1.54, 1.807) is 13.3 Å². The molecule has 1 aromatic heterocycles. The molecule has 5 heteroatoms. The first-order chi connectivity index (χ1) is 9.10. The molecule has 0 unspecified atom stereocenters. The second-order valence-corrected chi connectivity index (χ2v) is 4.66. The smallest absolute Gasteiger partial charge is 0.143 e. The summed E-state index contributed by atoms with van der Waals surface area (Å²) in [4.78, 5) is 8.42. The van der Waals surface area contributed by atoms with Crippen LogP contribution in [0.3, 0.4) is 0 Å². The molecule has 4 nitrogen and oxygen atoms in total. The lowest BCUT2D eigenvalue weighted by Gasteiger charge is -2.13. The lowest BCUT2D eigenvalue weighted by molar-refractivity contribution is 0.416. The van der Waals surface area contributed by atoms with Gasteiger partial charge in [-0.1, -0.05) is 11.6 Å². The summed E-state index contributed by atoms with van der Waals surface area (Å²) < 4.78 is 5.31. The second-order valence-electron chi connectivity index (χ2n) is 4.25. The maximum absolute atomic E-state index is 6.07. The van der Waals surface area contributed by atoms with Crippen LogP contribution in [0.15, 0.2) is 24.4 Å². The molecule has 1 aromatic carbocycles. The predicted molar refractivity (Wildman–Crippen MR) is 76.8 cm³/mol. The van der Waals surface area contributed by atoms with Gasteiger partial charge < -0.3 is 10.1 Å². The van der Waals surface area contributed by atoms with Crippen LogP contribution in [0.5, 0.6) is 5.75 Å². The minimum Gasteiger partial charge on any atom is -0.495 e. The van der Waals surface area contributed by atoms with Gasteiger partial charge in [0.05, 0.1) is 25.0 Å². The molecule has 19 heavy (non-hydrogen) atoms. The van der Waals surface area contributed by atoms with E-state index in [0.29, 0.717) is 11.6 Å². The second kappa shape index (κ2) is 5.89. The van der Waals surface area contributed by atoms with Gasteiger partial charge in [0.2, 0.25) is 0 Å². The zero-order valence-corrected chi connectivity index (χ0v) is 12.0. The van der Waals surface area contributed by atoms with Crippen molar-refractivity contribution in [3.63, 3.8) is 0 Å². The number of anilines is 1. The summed E-state index contributed by atoms with van der Waals surface area (Å²) in [5.74, 6) is 1.49. The Bertz CT molecular complexity index is 587. The number of hydrogen-bond donors (Lipinski definition) is 1. The molecule has 1 heterocycles. The molecular formula is C14H16ClN3O. The molecule has 100 valence electrons. The van der Waals surface area contributed by atoms with Crippen molar-refractivity contribution in [2.45, 2.75) is 20.4 Å². The summed E-state index contributed by atoms with van der Waals surface area (Å²) in [6.45, 7) is 4.44. The number of ether oxygens (including phenoxy) is 1. The van der Waals surface area contributed by atoms with Gasteiger partial charge in [-0.05, 0) is 31.5 Å². The number of hydrogen-bond acceptors (Lipinski definition) is 4. The van der Waals surface area contributed by atoms with Crippen LogP contribution < -0.4 is 10.1 Å². The zero-order chi connectivity index (χ0) is 13.8. The normalized spacial score (nSPS) is 10.3. The molecule has 2 rings (SSSR count). The van der Waals surface area contributed by atoms with Crippen LogP contribution in [0.2, 0.25) is 5.02 Å². The molecule has 2 aromatic rings. The van der Waals surface area contributed by atoms with Gasteiger partial charge in [0.1, 0.15) is 11.6 Å². The maximum Gasteiger partial charge on any atom is 0.143 e. The number of aryl methyl sites for hydroxylation is 2. The number of nitrogens with zero attached hydrogens (tertiary/aromatic N) is 2. The fraction of sp³-hybridized carbons (Fsp3) is 0.286. The monoisotopic (exact) mass is 277 g/mol. The largest absolute Gasteiger partial charge is 0.495 e. The Morgan fingerprint density at radius 1 is 1.32 bits per heavy atom. The fourth-order valence-corrected chi connectivity index (χ4v) is 1.91. The third-order valence-corrected chi connectivity index (χ3v) is 3.18. The molecule has 0 fully saturated rings. The highest BCUT2D eigenvalue weighted by Crippen LogP contribution is 2.31. The first-order valence-electron chi connectivity index (χ1n) is 5.96. The molecule has 0 amide bonds. The van der Waals surface area contributed by atoms with Crippen molar-refractivity contribution in [2.75, 3.05) is 12.4 Å². The molecular weight excluding hydrogens is 262 g/mol. The molecule has 0 aliphatic carbocycles. The molecule has 1 N–H and O–H groups in total. The molecule has 0 spiro atoms. The van der Waals surface area contributed by atoms with Gasteiger partial charge in [0.15, 0.2) is 0 Å². The number of rotatable bonds is 4. The van der Waals surface area contributed by atoms with Crippen LogP contribution in [-0.2, 0) is 6.54 Å². The number of aromatic nitrogens is 2. The molecule has 0 atom stereocenters. The van der Waals surface area contributed by atoms with Gasteiger partial charge in [0, 0.05) is 17.3 Å². The van der Waals surface area contributed by atoms with E-state index in [2.05, 4.69) is 15.3 Å². The topological polar surface area (TPSA) is 47.0 Å². The van der Waals surface area contributed by atoms with E-state index in [-0.39, 0.29) is 0 Å². The van der Waals surface area contributed by atoms with E-state index in [1.165, 1.54) is 0 Å². The van der Waals surface area contributed by atoms with E-state index < -0.39 is 0 Å². The summed E-state index contributed by atoms with van der Waals surface area (Å²) in [6.07, 6.45) is 1.75. The van der Waals surface area contributed by atoms with E-state index in [4.69, 9.17) is 16.3 Å². The lowest BCUT2D eigenvalue weighted by Crippen LogP contribution is -2.04. The standard InChI is InChI=1S/C14H16ClN3O/c1-9-6-13(14(19-3)7-12(9)15)17-8-11-4-5-16-10(2)18-11/h4-7,17H,8H2,1-3H3. The molecule has 0 radical (unpaired) electrons. The average molecular weight is 278 g/mol. The number of halogens is 1. The van der Waals surface area contributed by atoms with E-state index in [9.17, 15) is 0 Å². The van der Waals surface area contributed by atoms with Gasteiger partial charge in [-0.3, -0.25) is 0 Å². The Balaban J connectivity index is 2.17. The lowest BCUT2D eigenvalue weighted by atomic mass is 10.2. The molecule has 0 aliphatic rings. The third-order valence-electron chi connectivity index (χ3n) is 2.77. The van der Waals surface area contributed by atoms with E-state index in [0.717, 1.165) is 28.5 Å². The Kier molecular flexibility index (Phi) is 4.22. The summed E-state index contributed by atoms with van der Waals surface area (Å²) in [5, 5.41) is 4.00. The Labute approximate surface area is 117 Å². The van der Waals surface area contributed by atoms with Crippen LogP contribution in [0.1, 0.15) is 17.1 Å². The predicted octanol–water partition coefficient (Wildman–Crippen LogP) is 3.37. The first kappa shape index (κ1) is 13.6. The number of benzene rings is 1. The van der Waals surface area contributed by atoms with Gasteiger partial charge in [-0.15, -0.1) is 0 Å². The highest BCUT2D eigenvalue weighted by molar-refractivity contribution is 6.31. The van der Waals surface area contributed by atoms with E-state index >= 15 is 0 Å². The first-order valence-corrected chi connectivity index (χ1v) is 6.34. The summed E-state index contributed by atoms with van der Waals surface area (Å²) >= 11 is 6.07. The van der Waals surface area contributed by atoms with Crippen molar-refractivity contribution in [1.82, 2.24) is 9.97 Å². The minimum atomic E-state index is 0.612. The van der Waals surface area contributed by atoms with Crippen molar-refractivity contribution in [1.29, 1.82) is 0 Å². The maximum atomic E-state index is 6.07. The van der Waals surface area contributed by atoms with Gasteiger partial charge in [-0.2, -0.15) is 0 Å². The fourth-order valence-electron chi connectivity index (χ4n) is 1.76. The molecule has 0 saturated carbocycles. The SMILES string of the molecule is COc1cc(Cl)c(C)cc1NCc1ccnc(C)n1. The van der Waals surface area contributed by atoms with Crippen LogP contribution in [0.25, 0.3) is 0 Å². The quantitative estimate of drug-likeness (QED) is 0.931. The van der Waals surface area contributed by atoms with Crippen molar-refractivity contribution in [3.05, 3.63) is 46.5 Å². The van der Waals surface area contributed by atoms with Gasteiger partial charge >= 0.3 is 0 Å². The van der Waals surface area contributed by atoms with Gasteiger partial charge in [0.25, 0.3) is 0 Å². The number of nitrogens with one attached hydrogen (secondary N) is 1. The van der Waals surface area contributed by atoms with Crippen molar-refractivity contribution in [3.8, 4) is 5.75 Å². The highest BCUT2D eigenvalue weighted by atomic mass is 35.5. The zero-order valence-electron chi connectivity index (χ0n) is 11.2. The van der Waals surface area contributed by atoms with Crippen LogP contribution in [0, 0.1) is 13.8 Å². The van der Waals surface area contributed by atoms with E-state index in [1.807, 2.05) is 32.0 Å². The average Bonchev–Trinajstić information content (AvgIpc) is 2.39. The Morgan fingerprint density at radius 2 is 2.11 bits per heavy atom. The van der Waals surface area contributed by atoms with Crippen molar-refractivity contribution < 1.29 is 4.74 Å². The van der Waals surface area contributed by atoms with Crippen LogP contribution >= 0.6 is 11.6 Å². The Hall–Kier alpha value is -1.81.